The molecule has 0 amide bonds. The van der Waals surface area contributed by atoms with Gasteiger partial charge in [0.15, 0.2) is 0 Å². The van der Waals surface area contributed by atoms with Crippen molar-refractivity contribution in [2.45, 2.75) is 13.8 Å². The fraction of sp³-hybridized carbons (Fsp3) is 0.500. The van der Waals surface area contributed by atoms with E-state index in [-0.39, 0.29) is 0 Å². The molecule has 0 aromatic rings. The molecule has 5 heavy (non-hydrogen) atoms. The van der Waals surface area contributed by atoms with E-state index in [0.29, 0.717) is 11.9 Å². The van der Waals surface area contributed by atoms with E-state index >= 15 is 0 Å². The van der Waals surface area contributed by atoms with Crippen molar-refractivity contribution in [2.75, 3.05) is 0 Å². The highest BCUT2D eigenvalue weighted by atomic mass is 18.2. The third kappa shape index (κ3) is 3.67. The highest BCUT2D eigenvalue weighted by Crippen LogP contribution is 1.84. The Labute approximate surface area is 31.3 Å². The molecule has 0 aliphatic carbocycles. The van der Waals surface area contributed by atoms with Crippen LogP contribution in [0.25, 0.3) is 0 Å². The van der Waals surface area contributed by atoms with Crippen molar-refractivity contribution >= 4 is 0 Å². The first-order valence-electron chi connectivity index (χ1n) is 1.51. The van der Waals surface area contributed by atoms with Crippen molar-refractivity contribution in [3.8, 4) is 0 Å². The summed E-state index contributed by atoms with van der Waals surface area (Å²) >= 11 is 0. The van der Waals surface area contributed by atoms with Crippen molar-refractivity contribution in [3.63, 3.8) is 0 Å². The van der Waals surface area contributed by atoms with Gasteiger partial charge in [0.25, 0.3) is 0 Å². The molecule has 0 N–H and O–H groups in total. The first-order valence-corrected chi connectivity index (χ1v) is 1.51. The minimum atomic E-state index is 0.583. The van der Waals surface area contributed by atoms with Gasteiger partial charge in [0.05, 0.1) is 6.33 Å². The molecule has 0 unspecified atom stereocenters. The van der Waals surface area contributed by atoms with Crippen LogP contribution < -0.4 is 0 Å². The fourth-order valence-corrected chi connectivity index (χ4v) is 0. The molecule has 0 atom stereocenters. The van der Waals surface area contributed by atoms with Crippen LogP contribution in [0.3, 0.4) is 0 Å². The Hall–Kier alpha value is -0.330. The Kier molecular flexibility index (Phi) is 1.81. The SMILES string of the molecule is CC(C)=C[18F]. The Morgan fingerprint density at radius 1 is 1.60 bits per heavy atom. The molecule has 0 aromatic heterocycles. The first-order chi connectivity index (χ1) is 2.27. The van der Waals surface area contributed by atoms with Gasteiger partial charge in [-0.3, -0.25) is 0 Å². The summed E-state index contributed by atoms with van der Waals surface area (Å²) in [5, 5.41) is 0. The van der Waals surface area contributed by atoms with Gasteiger partial charge in [-0.1, -0.05) is 0 Å². The lowest BCUT2D eigenvalue weighted by molar-refractivity contribution is 0.709. The van der Waals surface area contributed by atoms with Gasteiger partial charge < -0.3 is 0 Å². The van der Waals surface area contributed by atoms with Crippen LogP contribution in [0.5, 0.6) is 0 Å². The van der Waals surface area contributed by atoms with Crippen LogP contribution in [-0.4, -0.2) is 0 Å². The summed E-state index contributed by atoms with van der Waals surface area (Å²) in [7, 11) is 0. The monoisotopic (exact) mass is 73.1 g/mol. The summed E-state index contributed by atoms with van der Waals surface area (Å²) in [5.41, 5.74) is 0.713. The second kappa shape index (κ2) is 1.94. The third-order valence-electron chi connectivity index (χ3n) is 0.218. The molecule has 30 valence electrons. The second-order valence-corrected chi connectivity index (χ2v) is 1.19. The van der Waals surface area contributed by atoms with Crippen molar-refractivity contribution in [1.29, 1.82) is 0 Å². The largest absolute Gasteiger partial charge is 0.216 e. The lowest BCUT2D eigenvalue weighted by Crippen LogP contribution is -1.50. The maximum absolute atomic E-state index is 11.0. The van der Waals surface area contributed by atoms with E-state index in [1.54, 1.807) is 13.8 Å². The molecule has 0 rings (SSSR count). The second-order valence-electron chi connectivity index (χ2n) is 1.19. The normalized spacial score (nSPS) is 7.00. The molecule has 0 fully saturated rings. The molecule has 0 spiro atoms. The fourth-order valence-electron chi connectivity index (χ4n) is 0. The highest BCUT2D eigenvalue weighted by molar-refractivity contribution is 4.84. The summed E-state index contributed by atoms with van der Waals surface area (Å²) in [6, 6.07) is 0. The lowest BCUT2D eigenvalue weighted by atomic mass is 10.4. The predicted octanol–water partition coefficient (Wildman–Crippen LogP) is 1.88. The third-order valence-corrected chi connectivity index (χ3v) is 0.218. The maximum Gasteiger partial charge on any atom is 0.0853 e. The van der Waals surface area contributed by atoms with E-state index < -0.39 is 0 Å². The standard InChI is InChI=1S/C4H7F/c1-4(2)3-5/h3H,1-2H3/i5-1. The Bertz CT molecular complexity index is 41.6. The number of allylic oxidation sites excluding steroid dienone is 1. The number of halogens is 1. The topological polar surface area (TPSA) is 0 Å². The van der Waals surface area contributed by atoms with Crippen molar-refractivity contribution in [2.24, 2.45) is 0 Å². The minimum absolute atomic E-state index is 0.583. The molecule has 0 aromatic carbocycles. The Morgan fingerprint density at radius 2 is 1.80 bits per heavy atom. The van der Waals surface area contributed by atoms with Gasteiger partial charge >= 0.3 is 0 Å². The van der Waals surface area contributed by atoms with Crippen LogP contribution in [0.4, 0.5) is 4.39 Å². The van der Waals surface area contributed by atoms with E-state index in [9.17, 15) is 4.39 Å². The molecule has 0 aliphatic heterocycles. The molecule has 0 bridgehead atoms. The quantitative estimate of drug-likeness (QED) is 0.410. The van der Waals surface area contributed by atoms with Crippen LogP contribution in [0.15, 0.2) is 11.9 Å². The zero-order valence-electron chi connectivity index (χ0n) is 3.46. The van der Waals surface area contributed by atoms with Crippen molar-refractivity contribution in [3.05, 3.63) is 11.9 Å². The molecular weight excluding hydrogens is 66.0 g/mol. The molecule has 0 nitrogen and oxygen atoms in total. The van der Waals surface area contributed by atoms with E-state index in [2.05, 4.69) is 0 Å². The smallest absolute Gasteiger partial charge is 0.0853 e. The van der Waals surface area contributed by atoms with Crippen LogP contribution in [0, 0.1) is 0 Å². The number of rotatable bonds is 0. The van der Waals surface area contributed by atoms with Crippen LogP contribution >= 0.6 is 0 Å². The van der Waals surface area contributed by atoms with Gasteiger partial charge in [-0.15, -0.1) is 0 Å². The van der Waals surface area contributed by atoms with Gasteiger partial charge in [-0.05, 0) is 19.4 Å². The zero-order chi connectivity index (χ0) is 4.28. The zero-order valence-corrected chi connectivity index (χ0v) is 3.46. The molecule has 0 heterocycles. The lowest BCUT2D eigenvalue weighted by Gasteiger charge is -1.70. The Balaban J connectivity index is 3.14. The molecular formula is C4H7F. The van der Waals surface area contributed by atoms with E-state index in [0.717, 1.165) is 0 Å². The van der Waals surface area contributed by atoms with Crippen LogP contribution in [-0.2, 0) is 0 Å². The number of hydrogen-bond acceptors (Lipinski definition) is 0. The van der Waals surface area contributed by atoms with Gasteiger partial charge in [0.2, 0.25) is 0 Å². The summed E-state index contributed by atoms with van der Waals surface area (Å²) in [6.45, 7) is 3.42. The predicted molar refractivity (Wildman–Crippen MR) is 20.5 cm³/mol. The van der Waals surface area contributed by atoms with E-state index in [1.807, 2.05) is 0 Å². The van der Waals surface area contributed by atoms with Gasteiger partial charge in [0, 0.05) is 0 Å². The molecule has 0 saturated carbocycles. The molecule has 0 saturated heterocycles. The summed E-state index contributed by atoms with van der Waals surface area (Å²) in [5.74, 6) is 0. The summed E-state index contributed by atoms with van der Waals surface area (Å²) < 4.78 is 11.0. The van der Waals surface area contributed by atoms with Gasteiger partial charge in [-0.2, -0.15) is 0 Å². The van der Waals surface area contributed by atoms with Crippen LogP contribution in [0.2, 0.25) is 0 Å². The van der Waals surface area contributed by atoms with Gasteiger partial charge in [-0.25, -0.2) is 4.39 Å². The van der Waals surface area contributed by atoms with Crippen LogP contribution in [0.1, 0.15) is 13.8 Å². The molecule has 0 radical (unpaired) electrons. The van der Waals surface area contributed by atoms with E-state index in [4.69, 9.17) is 0 Å². The molecule has 0 aliphatic rings. The van der Waals surface area contributed by atoms with Crippen molar-refractivity contribution in [1.82, 2.24) is 0 Å². The average molecular weight is 73.1 g/mol. The Morgan fingerprint density at radius 3 is 1.80 bits per heavy atom. The highest BCUT2D eigenvalue weighted by Gasteiger charge is 1.64. The van der Waals surface area contributed by atoms with E-state index in [1.165, 1.54) is 0 Å². The summed E-state index contributed by atoms with van der Waals surface area (Å²) in [4.78, 5) is 0. The maximum atomic E-state index is 11.0. The minimum Gasteiger partial charge on any atom is -0.216 e. The molecule has 1 heteroatoms. The average Bonchev–Trinajstić information content (AvgIpc) is 1.38. The number of hydrogen-bond donors (Lipinski definition) is 0. The first kappa shape index (κ1) is 4.67. The van der Waals surface area contributed by atoms with Crippen molar-refractivity contribution < 1.29 is 4.39 Å². The van der Waals surface area contributed by atoms with Gasteiger partial charge in [0.1, 0.15) is 0 Å². The summed E-state index contributed by atoms with van der Waals surface area (Å²) in [6.07, 6.45) is 0.583.